The van der Waals surface area contributed by atoms with Gasteiger partial charge in [-0.25, -0.2) is 0 Å². The Kier molecular flexibility index (Phi) is 4.67. The van der Waals surface area contributed by atoms with Crippen LogP contribution in [0, 0.1) is 5.92 Å². The van der Waals surface area contributed by atoms with Gasteiger partial charge in [-0.2, -0.15) is 0 Å². The van der Waals surface area contributed by atoms with Gasteiger partial charge in [-0.3, -0.25) is 9.59 Å². The van der Waals surface area contributed by atoms with Crippen molar-refractivity contribution in [1.29, 1.82) is 0 Å². The molecule has 0 spiro atoms. The number of nitrogens with zero attached hydrogens (tertiary/aromatic N) is 2. The number of benzene rings is 1. The van der Waals surface area contributed by atoms with Gasteiger partial charge in [-0.15, -0.1) is 0 Å². The summed E-state index contributed by atoms with van der Waals surface area (Å²) in [6, 6.07) is 7.04. The first-order valence-electron chi connectivity index (χ1n) is 7.99. The molecule has 118 valence electrons. The topological polar surface area (TPSA) is 40.6 Å². The van der Waals surface area contributed by atoms with Gasteiger partial charge >= 0.3 is 0 Å². The van der Waals surface area contributed by atoms with Crippen LogP contribution in [0.5, 0.6) is 0 Å². The first-order chi connectivity index (χ1) is 10.6. The summed E-state index contributed by atoms with van der Waals surface area (Å²) in [6.45, 7) is 2.69. The molecule has 4 nitrogen and oxygen atoms in total. The standard InChI is InChI=1S/C17H21ClN2O2/c18-15-7-2-6-14(12-15)17(22)20-9-3-8-19(10-11-20)16(21)13-4-1-5-13/h2,6-7,12-13H,1,3-5,8-11H2. The molecule has 2 fully saturated rings. The van der Waals surface area contributed by atoms with E-state index in [0.717, 1.165) is 25.8 Å². The van der Waals surface area contributed by atoms with E-state index in [1.807, 2.05) is 9.80 Å². The highest BCUT2D eigenvalue weighted by molar-refractivity contribution is 6.30. The predicted molar refractivity (Wildman–Crippen MR) is 85.9 cm³/mol. The fourth-order valence-electron chi connectivity index (χ4n) is 3.06. The molecule has 2 aliphatic rings. The Labute approximate surface area is 136 Å². The maximum Gasteiger partial charge on any atom is 0.253 e. The van der Waals surface area contributed by atoms with E-state index in [1.165, 1.54) is 6.42 Å². The van der Waals surface area contributed by atoms with Crippen LogP contribution in [0.3, 0.4) is 0 Å². The zero-order chi connectivity index (χ0) is 15.5. The molecule has 5 heteroatoms. The van der Waals surface area contributed by atoms with Crippen molar-refractivity contribution in [3.8, 4) is 0 Å². The SMILES string of the molecule is O=C(c1cccc(Cl)c1)N1CCCN(C(=O)C2CCC2)CC1. The number of carbonyl (C=O) groups is 2. The van der Waals surface area contributed by atoms with Crippen molar-refractivity contribution in [2.75, 3.05) is 26.2 Å². The first kappa shape index (κ1) is 15.3. The Morgan fingerprint density at radius 1 is 1.00 bits per heavy atom. The summed E-state index contributed by atoms with van der Waals surface area (Å²) in [4.78, 5) is 28.6. The Morgan fingerprint density at radius 2 is 1.73 bits per heavy atom. The van der Waals surface area contributed by atoms with Gasteiger partial charge in [0.25, 0.3) is 5.91 Å². The molecule has 1 saturated carbocycles. The summed E-state index contributed by atoms with van der Waals surface area (Å²) < 4.78 is 0. The molecule has 22 heavy (non-hydrogen) atoms. The third kappa shape index (κ3) is 3.27. The Hall–Kier alpha value is -1.55. The maximum atomic E-state index is 12.5. The number of hydrogen-bond acceptors (Lipinski definition) is 2. The van der Waals surface area contributed by atoms with E-state index in [9.17, 15) is 9.59 Å². The second-order valence-electron chi connectivity index (χ2n) is 6.11. The lowest BCUT2D eigenvalue weighted by Gasteiger charge is -2.31. The molecular weight excluding hydrogens is 300 g/mol. The van der Waals surface area contributed by atoms with Gasteiger partial charge in [0.2, 0.25) is 5.91 Å². The molecule has 1 aliphatic carbocycles. The van der Waals surface area contributed by atoms with Gasteiger partial charge in [0, 0.05) is 42.7 Å². The number of halogens is 1. The quantitative estimate of drug-likeness (QED) is 0.840. The average Bonchev–Trinajstić information content (AvgIpc) is 2.70. The molecule has 3 rings (SSSR count). The second-order valence-corrected chi connectivity index (χ2v) is 6.55. The molecule has 2 amide bonds. The lowest BCUT2D eigenvalue weighted by Crippen LogP contribution is -2.41. The van der Waals surface area contributed by atoms with E-state index in [-0.39, 0.29) is 17.7 Å². The van der Waals surface area contributed by atoms with E-state index >= 15 is 0 Å². The van der Waals surface area contributed by atoms with Crippen molar-refractivity contribution >= 4 is 23.4 Å². The molecule has 0 atom stereocenters. The van der Waals surface area contributed by atoms with Gasteiger partial charge in [0.1, 0.15) is 0 Å². The van der Waals surface area contributed by atoms with Crippen LogP contribution in [-0.4, -0.2) is 47.8 Å². The Balaban J connectivity index is 1.62. The van der Waals surface area contributed by atoms with Gasteiger partial charge in [0.05, 0.1) is 0 Å². The highest BCUT2D eigenvalue weighted by Crippen LogP contribution is 2.28. The highest BCUT2D eigenvalue weighted by Gasteiger charge is 2.31. The van der Waals surface area contributed by atoms with Crippen LogP contribution in [-0.2, 0) is 4.79 Å². The number of rotatable bonds is 2. The monoisotopic (exact) mass is 320 g/mol. The molecule has 0 radical (unpaired) electrons. The van der Waals surface area contributed by atoms with Gasteiger partial charge in [0.15, 0.2) is 0 Å². The molecule has 1 aromatic carbocycles. The van der Waals surface area contributed by atoms with Crippen molar-refractivity contribution < 1.29 is 9.59 Å². The zero-order valence-corrected chi connectivity index (χ0v) is 13.4. The van der Waals surface area contributed by atoms with Crippen LogP contribution in [0.4, 0.5) is 0 Å². The summed E-state index contributed by atoms with van der Waals surface area (Å²) in [5.41, 5.74) is 0.617. The summed E-state index contributed by atoms with van der Waals surface area (Å²) in [7, 11) is 0. The van der Waals surface area contributed by atoms with Gasteiger partial charge < -0.3 is 9.80 Å². The molecule has 0 bridgehead atoms. The van der Waals surface area contributed by atoms with Crippen LogP contribution in [0.15, 0.2) is 24.3 Å². The normalized spacial score (nSPS) is 19.5. The van der Waals surface area contributed by atoms with Crippen molar-refractivity contribution in [1.82, 2.24) is 9.80 Å². The first-order valence-corrected chi connectivity index (χ1v) is 8.36. The summed E-state index contributed by atoms with van der Waals surface area (Å²) in [5.74, 6) is 0.513. The Morgan fingerprint density at radius 3 is 2.41 bits per heavy atom. The van der Waals surface area contributed by atoms with Crippen LogP contribution >= 0.6 is 11.6 Å². The van der Waals surface area contributed by atoms with Crippen LogP contribution in [0.2, 0.25) is 5.02 Å². The molecule has 1 heterocycles. The lowest BCUT2D eigenvalue weighted by atomic mass is 9.84. The molecular formula is C17H21ClN2O2. The van der Waals surface area contributed by atoms with E-state index in [1.54, 1.807) is 24.3 Å². The van der Waals surface area contributed by atoms with Crippen molar-refractivity contribution in [2.45, 2.75) is 25.7 Å². The minimum absolute atomic E-state index is 0.000410. The predicted octanol–water partition coefficient (Wildman–Crippen LogP) is 2.81. The van der Waals surface area contributed by atoms with Crippen molar-refractivity contribution in [2.24, 2.45) is 5.92 Å². The number of amides is 2. The molecule has 1 aliphatic heterocycles. The second kappa shape index (κ2) is 6.69. The Bertz CT molecular complexity index is 572. The van der Waals surface area contributed by atoms with Gasteiger partial charge in [-0.05, 0) is 37.5 Å². The van der Waals surface area contributed by atoms with Crippen LogP contribution < -0.4 is 0 Å². The summed E-state index contributed by atoms with van der Waals surface area (Å²) in [5, 5.41) is 0.572. The zero-order valence-electron chi connectivity index (χ0n) is 12.6. The van der Waals surface area contributed by atoms with Gasteiger partial charge in [-0.1, -0.05) is 24.1 Å². The molecule has 0 unspecified atom stereocenters. The maximum absolute atomic E-state index is 12.5. The third-order valence-electron chi connectivity index (χ3n) is 4.62. The molecule has 0 N–H and O–H groups in total. The highest BCUT2D eigenvalue weighted by atomic mass is 35.5. The fourth-order valence-corrected chi connectivity index (χ4v) is 3.25. The third-order valence-corrected chi connectivity index (χ3v) is 4.86. The molecule has 1 saturated heterocycles. The number of carbonyl (C=O) groups excluding carboxylic acids is 2. The van der Waals surface area contributed by atoms with E-state index < -0.39 is 0 Å². The van der Waals surface area contributed by atoms with Crippen LogP contribution in [0.1, 0.15) is 36.0 Å². The van der Waals surface area contributed by atoms with E-state index in [4.69, 9.17) is 11.6 Å². The minimum atomic E-state index is 0.000410. The number of hydrogen-bond donors (Lipinski definition) is 0. The smallest absolute Gasteiger partial charge is 0.253 e. The van der Waals surface area contributed by atoms with Crippen LogP contribution in [0.25, 0.3) is 0 Å². The van der Waals surface area contributed by atoms with E-state index in [0.29, 0.717) is 30.2 Å². The fraction of sp³-hybridized carbons (Fsp3) is 0.529. The average molecular weight is 321 g/mol. The minimum Gasteiger partial charge on any atom is -0.341 e. The lowest BCUT2D eigenvalue weighted by molar-refractivity contribution is -0.138. The molecule has 0 aromatic heterocycles. The largest absolute Gasteiger partial charge is 0.341 e. The van der Waals surface area contributed by atoms with Crippen molar-refractivity contribution in [3.63, 3.8) is 0 Å². The van der Waals surface area contributed by atoms with E-state index in [2.05, 4.69) is 0 Å². The summed E-state index contributed by atoms with van der Waals surface area (Å²) >= 11 is 5.96. The van der Waals surface area contributed by atoms with Crippen molar-refractivity contribution in [3.05, 3.63) is 34.9 Å². The summed E-state index contributed by atoms with van der Waals surface area (Å²) in [6.07, 6.45) is 4.06. The molecule has 1 aromatic rings.